The number of hydrogen-bond acceptors (Lipinski definition) is 3. The van der Waals surface area contributed by atoms with Gasteiger partial charge in [-0.2, -0.15) is 0 Å². The smallest absolute Gasteiger partial charge is 0.249 e. The van der Waals surface area contributed by atoms with Crippen LogP contribution < -0.4 is 11.1 Å². The highest BCUT2D eigenvalue weighted by Crippen LogP contribution is 2.19. The van der Waals surface area contributed by atoms with Crippen molar-refractivity contribution in [2.75, 3.05) is 5.32 Å². The van der Waals surface area contributed by atoms with E-state index in [0.29, 0.717) is 16.8 Å². The molecular weight excluding hydrogens is 280 g/mol. The van der Waals surface area contributed by atoms with Crippen LogP contribution in [0.2, 0.25) is 0 Å². The zero-order valence-electron chi connectivity index (χ0n) is 12.2. The molecule has 2 aromatic carbocycles. The molecule has 1 unspecified atom stereocenters. The van der Waals surface area contributed by atoms with E-state index in [1.807, 2.05) is 6.07 Å². The molecule has 0 aliphatic carbocycles. The van der Waals surface area contributed by atoms with Gasteiger partial charge in [0, 0.05) is 11.3 Å². The van der Waals surface area contributed by atoms with Gasteiger partial charge >= 0.3 is 0 Å². The fourth-order valence-corrected chi connectivity index (χ4v) is 2.15. The largest absolute Gasteiger partial charge is 0.388 e. The van der Waals surface area contributed by atoms with Gasteiger partial charge in [-0.3, -0.25) is 9.59 Å². The van der Waals surface area contributed by atoms with Gasteiger partial charge < -0.3 is 16.2 Å². The van der Waals surface area contributed by atoms with E-state index in [1.54, 1.807) is 43.3 Å². The number of rotatable bonds is 5. The lowest BCUT2D eigenvalue weighted by Gasteiger charge is -2.12. The lowest BCUT2D eigenvalue weighted by molar-refractivity contribution is -0.118. The van der Waals surface area contributed by atoms with Gasteiger partial charge in [-0.15, -0.1) is 0 Å². The number of benzene rings is 2. The zero-order valence-corrected chi connectivity index (χ0v) is 12.2. The fourth-order valence-electron chi connectivity index (χ4n) is 2.15. The molecular formula is C17H18N2O3. The Kier molecular flexibility index (Phi) is 4.91. The van der Waals surface area contributed by atoms with Gasteiger partial charge in [0.2, 0.25) is 11.8 Å². The van der Waals surface area contributed by atoms with E-state index < -0.39 is 12.0 Å². The van der Waals surface area contributed by atoms with Crippen LogP contribution in [0.5, 0.6) is 0 Å². The van der Waals surface area contributed by atoms with Gasteiger partial charge in [-0.1, -0.05) is 36.4 Å². The van der Waals surface area contributed by atoms with Crippen molar-refractivity contribution >= 4 is 17.5 Å². The molecule has 5 nitrogen and oxygen atoms in total. The molecule has 0 fully saturated rings. The average molecular weight is 298 g/mol. The summed E-state index contributed by atoms with van der Waals surface area (Å²) in [4.78, 5) is 23.3. The maximum absolute atomic E-state index is 12.0. The van der Waals surface area contributed by atoms with Crippen molar-refractivity contribution in [3.8, 4) is 0 Å². The van der Waals surface area contributed by atoms with Gasteiger partial charge in [0.15, 0.2) is 0 Å². The quantitative estimate of drug-likeness (QED) is 0.789. The molecule has 0 radical (unpaired) electrons. The third-order valence-corrected chi connectivity index (χ3v) is 3.35. The predicted molar refractivity (Wildman–Crippen MR) is 84.3 cm³/mol. The van der Waals surface area contributed by atoms with Crippen molar-refractivity contribution in [1.82, 2.24) is 0 Å². The second kappa shape index (κ2) is 6.87. The van der Waals surface area contributed by atoms with Crippen molar-refractivity contribution in [3.05, 3.63) is 65.2 Å². The molecule has 0 spiro atoms. The van der Waals surface area contributed by atoms with Crippen LogP contribution in [-0.2, 0) is 4.79 Å². The monoisotopic (exact) mass is 298 g/mol. The van der Waals surface area contributed by atoms with Crippen LogP contribution in [0, 0.1) is 6.92 Å². The van der Waals surface area contributed by atoms with Gasteiger partial charge in [0.25, 0.3) is 0 Å². The Labute approximate surface area is 128 Å². The van der Waals surface area contributed by atoms with E-state index in [0.717, 1.165) is 5.56 Å². The summed E-state index contributed by atoms with van der Waals surface area (Å²) in [5.74, 6) is -0.881. The summed E-state index contributed by atoms with van der Waals surface area (Å²) in [6.45, 7) is 1.77. The molecule has 0 aliphatic heterocycles. The first kappa shape index (κ1) is 15.7. The fraction of sp³-hybridized carbons (Fsp3) is 0.176. The molecule has 2 amide bonds. The first-order valence-electron chi connectivity index (χ1n) is 6.90. The van der Waals surface area contributed by atoms with Gasteiger partial charge in [0.05, 0.1) is 12.5 Å². The molecule has 0 saturated carbocycles. The van der Waals surface area contributed by atoms with E-state index in [2.05, 4.69) is 5.32 Å². The molecule has 0 aliphatic rings. The Morgan fingerprint density at radius 2 is 1.86 bits per heavy atom. The Hall–Kier alpha value is -2.66. The van der Waals surface area contributed by atoms with Crippen LogP contribution in [0.3, 0.4) is 0 Å². The summed E-state index contributed by atoms with van der Waals surface area (Å²) < 4.78 is 0. The van der Waals surface area contributed by atoms with Crippen molar-refractivity contribution < 1.29 is 14.7 Å². The number of aliphatic hydroxyl groups is 1. The van der Waals surface area contributed by atoms with Crippen LogP contribution in [-0.4, -0.2) is 16.9 Å². The molecule has 4 N–H and O–H groups in total. The molecule has 2 aromatic rings. The first-order chi connectivity index (χ1) is 10.5. The van der Waals surface area contributed by atoms with E-state index in [9.17, 15) is 14.7 Å². The highest BCUT2D eigenvalue weighted by molar-refractivity contribution is 5.97. The molecule has 0 saturated heterocycles. The van der Waals surface area contributed by atoms with Crippen molar-refractivity contribution in [2.45, 2.75) is 19.4 Å². The van der Waals surface area contributed by atoms with E-state index in [4.69, 9.17) is 5.73 Å². The van der Waals surface area contributed by atoms with Crippen molar-refractivity contribution in [3.63, 3.8) is 0 Å². The third-order valence-electron chi connectivity index (χ3n) is 3.35. The number of anilines is 1. The molecule has 5 heteroatoms. The Balaban J connectivity index is 2.03. The van der Waals surface area contributed by atoms with E-state index in [-0.39, 0.29) is 12.3 Å². The number of primary amides is 1. The average Bonchev–Trinajstić information content (AvgIpc) is 2.49. The molecule has 1 atom stereocenters. The Bertz CT molecular complexity index is 684. The summed E-state index contributed by atoms with van der Waals surface area (Å²) in [6, 6.07) is 13.9. The van der Waals surface area contributed by atoms with Crippen LogP contribution >= 0.6 is 0 Å². The number of hydrogen-bond donors (Lipinski definition) is 3. The number of aryl methyl sites for hydroxylation is 1. The molecule has 22 heavy (non-hydrogen) atoms. The van der Waals surface area contributed by atoms with Crippen LogP contribution in [0.15, 0.2) is 48.5 Å². The van der Waals surface area contributed by atoms with E-state index in [1.165, 1.54) is 6.07 Å². The maximum atomic E-state index is 12.0. The number of aliphatic hydroxyl groups excluding tert-OH is 1. The molecule has 114 valence electrons. The first-order valence-corrected chi connectivity index (χ1v) is 6.90. The number of nitrogens with one attached hydrogen (secondary N) is 1. The minimum absolute atomic E-state index is 0.0657. The number of amides is 2. The molecule has 0 aromatic heterocycles. The predicted octanol–water partition coefficient (Wildman–Crippen LogP) is 2.16. The lowest BCUT2D eigenvalue weighted by atomic mass is 10.1. The molecule has 2 rings (SSSR count). The van der Waals surface area contributed by atoms with Crippen LogP contribution in [0.25, 0.3) is 0 Å². The molecule has 0 heterocycles. The summed E-state index contributed by atoms with van der Waals surface area (Å²) >= 11 is 0. The summed E-state index contributed by atoms with van der Waals surface area (Å²) in [5, 5.41) is 12.7. The van der Waals surface area contributed by atoms with Crippen molar-refractivity contribution in [1.29, 1.82) is 0 Å². The lowest BCUT2D eigenvalue weighted by Crippen LogP contribution is -2.17. The summed E-state index contributed by atoms with van der Waals surface area (Å²) in [6.07, 6.45) is -0.939. The minimum Gasteiger partial charge on any atom is -0.388 e. The highest BCUT2D eigenvalue weighted by atomic mass is 16.3. The zero-order chi connectivity index (χ0) is 16.1. The normalized spacial score (nSPS) is 11.7. The maximum Gasteiger partial charge on any atom is 0.249 e. The number of nitrogens with two attached hydrogens (primary N) is 1. The summed E-state index contributed by atoms with van der Waals surface area (Å²) in [5.41, 5.74) is 7.54. The van der Waals surface area contributed by atoms with Gasteiger partial charge in [-0.05, 0) is 30.2 Å². The SMILES string of the molecule is Cc1ccc(NC(=O)CC(O)c2ccccc2)cc1C(N)=O. The van der Waals surface area contributed by atoms with Crippen molar-refractivity contribution in [2.24, 2.45) is 5.73 Å². The molecule has 0 bridgehead atoms. The Morgan fingerprint density at radius 3 is 2.50 bits per heavy atom. The van der Waals surface area contributed by atoms with Gasteiger partial charge in [-0.25, -0.2) is 0 Å². The summed E-state index contributed by atoms with van der Waals surface area (Å²) in [7, 11) is 0. The second-order valence-electron chi connectivity index (χ2n) is 5.07. The minimum atomic E-state index is -0.873. The standard InChI is InChI=1S/C17H18N2O3/c1-11-7-8-13(9-14(11)17(18)22)19-16(21)10-15(20)12-5-3-2-4-6-12/h2-9,15,20H,10H2,1H3,(H2,18,22)(H,19,21). The topological polar surface area (TPSA) is 92.4 Å². The number of carbonyl (C=O) groups is 2. The Morgan fingerprint density at radius 1 is 1.18 bits per heavy atom. The van der Waals surface area contributed by atoms with Gasteiger partial charge in [0.1, 0.15) is 0 Å². The third kappa shape index (κ3) is 3.93. The van der Waals surface area contributed by atoms with E-state index >= 15 is 0 Å². The van der Waals surface area contributed by atoms with Crippen LogP contribution in [0.1, 0.15) is 34.0 Å². The second-order valence-corrected chi connectivity index (χ2v) is 5.07. The highest BCUT2D eigenvalue weighted by Gasteiger charge is 2.14. The van der Waals surface area contributed by atoms with Crippen LogP contribution in [0.4, 0.5) is 5.69 Å². The number of carbonyl (C=O) groups excluding carboxylic acids is 2.